The van der Waals surface area contributed by atoms with Crippen molar-refractivity contribution in [2.24, 2.45) is 0 Å². The van der Waals surface area contributed by atoms with E-state index in [0.717, 1.165) is 28.2 Å². The highest BCUT2D eigenvalue weighted by atomic mass is 35.5. The summed E-state index contributed by atoms with van der Waals surface area (Å²) in [5, 5.41) is 3.56. The molecule has 0 unspecified atom stereocenters. The molecule has 0 fully saturated rings. The predicted octanol–water partition coefficient (Wildman–Crippen LogP) is 6.18. The summed E-state index contributed by atoms with van der Waals surface area (Å²) in [7, 11) is 0. The summed E-state index contributed by atoms with van der Waals surface area (Å²) in [5.41, 5.74) is 2.75. The first-order valence-electron chi connectivity index (χ1n) is 10.3. The lowest BCUT2D eigenvalue weighted by Crippen LogP contribution is -2.31. The van der Waals surface area contributed by atoms with Crippen LogP contribution in [-0.2, 0) is 6.54 Å². The van der Waals surface area contributed by atoms with Gasteiger partial charge in [-0.15, -0.1) is 0 Å². The molecule has 0 spiro atoms. The van der Waals surface area contributed by atoms with Gasteiger partial charge >= 0.3 is 0 Å². The lowest BCUT2D eigenvalue weighted by atomic mass is 10.1. The first-order valence-corrected chi connectivity index (χ1v) is 11.5. The molecule has 1 heterocycles. The monoisotopic (exact) mass is 450 g/mol. The molecule has 1 aliphatic rings. The minimum Gasteiger partial charge on any atom is -0.352 e. The zero-order valence-electron chi connectivity index (χ0n) is 17.2. The van der Waals surface area contributed by atoms with E-state index in [-0.39, 0.29) is 11.8 Å². The number of nitrogens with one attached hydrogen (secondary N) is 1. The van der Waals surface area contributed by atoms with Gasteiger partial charge in [0.25, 0.3) is 11.8 Å². The molecule has 31 heavy (non-hydrogen) atoms. The van der Waals surface area contributed by atoms with E-state index in [0.29, 0.717) is 34.9 Å². The van der Waals surface area contributed by atoms with Crippen LogP contribution in [-0.4, -0.2) is 18.4 Å². The van der Waals surface area contributed by atoms with Gasteiger partial charge < -0.3 is 10.2 Å². The van der Waals surface area contributed by atoms with Crippen LogP contribution in [0.25, 0.3) is 0 Å². The molecule has 1 N–H and O–H groups in total. The number of hydrogen-bond acceptors (Lipinski definition) is 3. The molecule has 6 heteroatoms. The van der Waals surface area contributed by atoms with Crippen LogP contribution in [0, 0.1) is 0 Å². The Morgan fingerprint density at radius 1 is 1.03 bits per heavy atom. The molecular weight excluding hydrogens is 428 g/mol. The van der Waals surface area contributed by atoms with Gasteiger partial charge in [-0.2, -0.15) is 0 Å². The summed E-state index contributed by atoms with van der Waals surface area (Å²) < 4.78 is 0. The SMILES string of the molecule is CCCCNC(=O)c1ccc2c(c1)N(Cc1ccccc1Cl)C(=O)c1ccccc1S2. The summed E-state index contributed by atoms with van der Waals surface area (Å²) in [6.07, 6.45) is 1.94. The van der Waals surface area contributed by atoms with Crippen LogP contribution >= 0.6 is 23.4 Å². The van der Waals surface area contributed by atoms with Crippen molar-refractivity contribution in [3.8, 4) is 0 Å². The third-order valence-electron chi connectivity index (χ3n) is 5.20. The summed E-state index contributed by atoms with van der Waals surface area (Å²) >= 11 is 7.94. The second kappa shape index (κ2) is 9.58. The molecule has 3 aromatic rings. The second-order valence-corrected chi connectivity index (χ2v) is 8.86. The van der Waals surface area contributed by atoms with Crippen LogP contribution in [0.2, 0.25) is 5.02 Å². The van der Waals surface area contributed by atoms with Crippen molar-refractivity contribution < 1.29 is 9.59 Å². The van der Waals surface area contributed by atoms with Gasteiger partial charge in [0.05, 0.1) is 17.8 Å². The normalized spacial score (nSPS) is 12.7. The lowest BCUT2D eigenvalue weighted by Gasteiger charge is -2.24. The standard InChI is InChI=1S/C25H23ClN2O2S/c1-2-3-14-27-24(29)17-12-13-23-21(15-17)28(16-18-8-4-6-10-20(18)26)25(30)19-9-5-7-11-22(19)31-23/h4-13,15H,2-3,14,16H2,1H3,(H,27,29). The molecule has 0 atom stereocenters. The Morgan fingerprint density at radius 3 is 2.61 bits per heavy atom. The average Bonchev–Trinajstić information content (AvgIpc) is 2.90. The van der Waals surface area contributed by atoms with Gasteiger partial charge in [-0.05, 0) is 48.4 Å². The Balaban J connectivity index is 1.77. The Kier molecular flexibility index (Phi) is 6.64. The van der Waals surface area contributed by atoms with E-state index in [4.69, 9.17) is 11.6 Å². The second-order valence-electron chi connectivity index (χ2n) is 7.37. The number of rotatable bonds is 6. The maximum atomic E-state index is 13.6. The highest BCUT2D eigenvalue weighted by Gasteiger charge is 2.28. The fourth-order valence-electron chi connectivity index (χ4n) is 3.50. The van der Waals surface area contributed by atoms with E-state index in [9.17, 15) is 9.59 Å². The van der Waals surface area contributed by atoms with Crippen molar-refractivity contribution in [3.05, 3.63) is 88.4 Å². The number of carbonyl (C=O) groups is 2. The molecule has 0 saturated carbocycles. The number of halogens is 1. The van der Waals surface area contributed by atoms with Gasteiger partial charge in [0, 0.05) is 26.9 Å². The smallest absolute Gasteiger partial charge is 0.259 e. The number of nitrogens with zero attached hydrogens (tertiary/aromatic N) is 1. The van der Waals surface area contributed by atoms with Crippen LogP contribution in [0.1, 0.15) is 46.0 Å². The summed E-state index contributed by atoms with van der Waals surface area (Å²) in [6, 6.07) is 20.7. The average molecular weight is 451 g/mol. The first kappa shape index (κ1) is 21.5. The molecule has 3 aromatic carbocycles. The molecule has 4 nitrogen and oxygen atoms in total. The van der Waals surface area contributed by atoms with Crippen molar-refractivity contribution in [2.45, 2.75) is 36.1 Å². The van der Waals surface area contributed by atoms with Crippen molar-refractivity contribution in [1.82, 2.24) is 5.32 Å². The number of carbonyl (C=O) groups excluding carboxylic acids is 2. The molecule has 0 aromatic heterocycles. The van der Waals surface area contributed by atoms with Gasteiger partial charge in [-0.25, -0.2) is 0 Å². The molecule has 158 valence electrons. The number of fused-ring (bicyclic) bond motifs is 2. The first-order chi connectivity index (χ1) is 15.1. The van der Waals surface area contributed by atoms with Gasteiger partial charge in [-0.3, -0.25) is 9.59 Å². The highest BCUT2D eigenvalue weighted by molar-refractivity contribution is 7.99. The lowest BCUT2D eigenvalue weighted by molar-refractivity contribution is 0.0949. The van der Waals surface area contributed by atoms with E-state index in [2.05, 4.69) is 12.2 Å². The van der Waals surface area contributed by atoms with E-state index in [1.54, 1.807) is 16.7 Å². The third kappa shape index (κ3) is 4.63. The summed E-state index contributed by atoms with van der Waals surface area (Å²) in [4.78, 5) is 29.8. The highest BCUT2D eigenvalue weighted by Crippen LogP contribution is 2.42. The summed E-state index contributed by atoms with van der Waals surface area (Å²) in [5.74, 6) is -0.238. The van der Waals surface area contributed by atoms with E-state index in [1.807, 2.05) is 66.7 Å². The fourth-order valence-corrected chi connectivity index (χ4v) is 4.75. The number of anilines is 1. The van der Waals surface area contributed by atoms with Gasteiger partial charge in [0.2, 0.25) is 0 Å². The van der Waals surface area contributed by atoms with E-state index >= 15 is 0 Å². The van der Waals surface area contributed by atoms with Gasteiger partial charge in [0.15, 0.2) is 0 Å². The van der Waals surface area contributed by atoms with E-state index in [1.165, 1.54) is 0 Å². The Labute approximate surface area is 191 Å². The largest absolute Gasteiger partial charge is 0.352 e. The molecule has 1 aliphatic heterocycles. The zero-order valence-corrected chi connectivity index (χ0v) is 18.8. The molecule has 4 rings (SSSR count). The Bertz CT molecular complexity index is 1130. The predicted molar refractivity (Wildman–Crippen MR) is 126 cm³/mol. The van der Waals surface area contributed by atoms with Crippen LogP contribution < -0.4 is 10.2 Å². The van der Waals surface area contributed by atoms with Crippen LogP contribution in [0.15, 0.2) is 76.5 Å². The van der Waals surface area contributed by atoms with Crippen molar-refractivity contribution in [2.75, 3.05) is 11.4 Å². The van der Waals surface area contributed by atoms with Gasteiger partial charge in [0.1, 0.15) is 0 Å². The molecule has 0 bridgehead atoms. The van der Waals surface area contributed by atoms with Crippen molar-refractivity contribution >= 4 is 40.9 Å². The minimum absolute atomic E-state index is 0.106. The Morgan fingerprint density at radius 2 is 1.81 bits per heavy atom. The Hall–Kier alpha value is -2.76. The molecular formula is C25H23ClN2O2S. The van der Waals surface area contributed by atoms with Gasteiger partial charge in [-0.1, -0.05) is 67.0 Å². The molecule has 0 saturated heterocycles. The van der Waals surface area contributed by atoms with E-state index < -0.39 is 0 Å². The maximum Gasteiger partial charge on any atom is 0.259 e. The number of benzene rings is 3. The van der Waals surface area contributed by atoms with Crippen LogP contribution in [0.5, 0.6) is 0 Å². The maximum absolute atomic E-state index is 13.6. The minimum atomic E-state index is -0.131. The molecule has 2 amide bonds. The number of unbranched alkanes of at least 4 members (excludes halogenated alkanes) is 1. The topological polar surface area (TPSA) is 49.4 Å². The summed E-state index contributed by atoms with van der Waals surface area (Å²) in [6.45, 7) is 3.04. The molecule has 0 radical (unpaired) electrons. The van der Waals surface area contributed by atoms with Crippen molar-refractivity contribution in [3.63, 3.8) is 0 Å². The van der Waals surface area contributed by atoms with Crippen molar-refractivity contribution in [1.29, 1.82) is 0 Å². The number of hydrogen-bond donors (Lipinski definition) is 1. The zero-order chi connectivity index (χ0) is 21.8. The molecule has 0 aliphatic carbocycles. The number of amides is 2. The fraction of sp³-hybridized carbons (Fsp3) is 0.200. The third-order valence-corrected chi connectivity index (χ3v) is 6.71. The van der Waals surface area contributed by atoms with Crippen LogP contribution in [0.4, 0.5) is 5.69 Å². The van der Waals surface area contributed by atoms with Crippen LogP contribution in [0.3, 0.4) is 0 Å². The quantitative estimate of drug-likeness (QED) is 0.456.